The summed E-state index contributed by atoms with van der Waals surface area (Å²) in [5.74, 6) is -1.34. The second-order valence-electron chi connectivity index (χ2n) is 12.3. The monoisotopic (exact) mass is 549 g/mol. The average Bonchev–Trinajstić information content (AvgIpc) is 3.17. The van der Waals surface area contributed by atoms with Crippen molar-refractivity contribution in [1.29, 1.82) is 0 Å². The van der Waals surface area contributed by atoms with Gasteiger partial charge in [-0.05, 0) is 67.8 Å². The Morgan fingerprint density at radius 3 is 2.51 bits per heavy atom. The number of ether oxygens (including phenoxy) is 3. The summed E-state index contributed by atoms with van der Waals surface area (Å²) >= 11 is 0. The second kappa shape index (κ2) is 11.4. The van der Waals surface area contributed by atoms with Crippen LogP contribution in [0.3, 0.4) is 0 Å². The molecule has 10 heteroatoms. The van der Waals surface area contributed by atoms with Gasteiger partial charge in [-0.25, -0.2) is 0 Å². The fourth-order valence-electron chi connectivity index (χ4n) is 8.25. The Balaban J connectivity index is 1.36. The number of aliphatic hydroxyl groups excluding tert-OH is 1. The largest absolute Gasteiger partial charge is 0.458 e. The minimum absolute atomic E-state index is 0.0202. The Hall–Kier alpha value is -2.14. The molecule has 218 valence electrons. The van der Waals surface area contributed by atoms with E-state index in [-0.39, 0.29) is 67.1 Å². The maximum atomic E-state index is 13.3. The second-order valence-corrected chi connectivity index (χ2v) is 12.3. The van der Waals surface area contributed by atoms with Crippen LogP contribution in [-0.2, 0) is 33.4 Å². The van der Waals surface area contributed by atoms with Crippen LogP contribution in [0.1, 0.15) is 71.6 Å². The van der Waals surface area contributed by atoms with Crippen LogP contribution in [0.4, 0.5) is 0 Å². The lowest BCUT2D eigenvalue weighted by Crippen LogP contribution is -2.62. The third-order valence-electron chi connectivity index (χ3n) is 10.4. The van der Waals surface area contributed by atoms with Gasteiger partial charge < -0.3 is 29.7 Å². The summed E-state index contributed by atoms with van der Waals surface area (Å²) in [7, 11) is 2.90. The zero-order chi connectivity index (χ0) is 28.6. The van der Waals surface area contributed by atoms with Crippen molar-refractivity contribution in [2.24, 2.45) is 28.6 Å². The number of amides is 1. The molecule has 7 atom stereocenters. The quantitative estimate of drug-likeness (QED) is 0.274. The van der Waals surface area contributed by atoms with E-state index in [4.69, 9.17) is 14.2 Å². The number of esters is 1. The number of aliphatic hydroxyl groups is 2. The van der Waals surface area contributed by atoms with Gasteiger partial charge in [-0.1, -0.05) is 19.4 Å². The van der Waals surface area contributed by atoms with E-state index in [2.05, 4.69) is 12.2 Å². The lowest BCUT2D eigenvalue weighted by Gasteiger charge is -2.60. The number of fused-ring (bicyclic) bond motifs is 5. The van der Waals surface area contributed by atoms with Gasteiger partial charge in [0.25, 0.3) is 0 Å². The topological polar surface area (TPSA) is 148 Å². The molecule has 3 saturated carbocycles. The van der Waals surface area contributed by atoms with E-state index in [1.807, 2.05) is 6.92 Å². The molecule has 0 radical (unpaired) electrons. The molecule has 4 aliphatic carbocycles. The average molecular weight is 550 g/mol. The molecule has 0 heterocycles. The highest BCUT2D eigenvalue weighted by atomic mass is 16.7. The SMILES string of the molecule is COC(CNC(=O)CCC(=O)OCC(=O)[C@@]1(O)CCC2C3CCC4=CC(=O)CC[C@]4(C)C3C(O)C[C@@]21C)OC. The third-order valence-corrected chi connectivity index (χ3v) is 10.4. The van der Waals surface area contributed by atoms with Gasteiger partial charge in [-0.2, -0.15) is 0 Å². The maximum absolute atomic E-state index is 13.3. The molecule has 0 aromatic rings. The highest BCUT2D eigenvalue weighted by Crippen LogP contribution is 2.67. The molecule has 0 aliphatic heterocycles. The predicted molar refractivity (Wildman–Crippen MR) is 139 cm³/mol. The van der Waals surface area contributed by atoms with Crippen LogP contribution in [-0.4, -0.2) is 79.0 Å². The minimum Gasteiger partial charge on any atom is -0.458 e. The molecule has 3 fully saturated rings. The smallest absolute Gasteiger partial charge is 0.306 e. The van der Waals surface area contributed by atoms with Crippen molar-refractivity contribution < 1.29 is 43.6 Å². The summed E-state index contributed by atoms with van der Waals surface area (Å²) in [5, 5.41) is 25.8. The van der Waals surface area contributed by atoms with Gasteiger partial charge in [0.1, 0.15) is 5.60 Å². The van der Waals surface area contributed by atoms with E-state index in [0.29, 0.717) is 12.8 Å². The number of hydrogen-bond acceptors (Lipinski definition) is 9. The van der Waals surface area contributed by atoms with Crippen molar-refractivity contribution >= 4 is 23.4 Å². The molecular formula is C29H43NO9. The number of hydrogen-bond donors (Lipinski definition) is 3. The van der Waals surface area contributed by atoms with Gasteiger partial charge in [0.05, 0.1) is 19.1 Å². The fourth-order valence-corrected chi connectivity index (χ4v) is 8.25. The predicted octanol–water partition coefficient (Wildman–Crippen LogP) is 1.85. The summed E-state index contributed by atoms with van der Waals surface area (Å²) < 4.78 is 15.2. The lowest BCUT2D eigenvalue weighted by molar-refractivity contribution is -0.184. The third kappa shape index (κ3) is 5.33. The van der Waals surface area contributed by atoms with Crippen molar-refractivity contribution in [2.45, 2.75) is 89.6 Å². The molecule has 3 N–H and O–H groups in total. The first-order valence-electron chi connectivity index (χ1n) is 14.0. The van der Waals surface area contributed by atoms with Gasteiger partial charge in [0.2, 0.25) is 11.7 Å². The number of nitrogens with one attached hydrogen (secondary N) is 1. The highest BCUT2D eigenvalue weighted by molar-refractivity contribution is 5.92. The van der Waals surface area contributed by atoms with Gasteiger partial charge in [-0.15, -0.1) is 0 Å². The molecule has 1 amide bonds. The number of allylic oxidation sites excluding steroid dienone is 1. The van der Waals surface area contributed by atoms with Crippen LogP contribution >= 0.6 is 0 Å². The molecule has 39 heavy (non-hydrogen) atoms. The molecule has 0 aromatic carbocycles. The van der Waals surface area contributed by atoms with Crippen LogP contribution in [0.15, 0.2) is 11.6 Å². The van der Waals surface area contributed by atoms with Crippen molar-refractivity contribution in [3.63, 3.8) is 0 Å². The Labute approximate surface area is 229 Å². The highest BCUT2D eigenvalue weighted by Gasteiger charge is 2.68. The molecule has 0 aromatic heterocycles. The van der Waals surface area contributed by atoms with Gasteiger partial charge in [0, 0.05) is 32.5 Å². The van der Waals surface area contributed by atoms with E-state index in [1.54, 1.807) is 6.08 Å². The van der Waals surface area contributed by atoms with Crippen LogP contribution in [0.5, 0.6) is 0 Å². The van der Waals surface area contributed by atoms with Crippen molar-refractivity contribution in [3.8, 4) is 0 Å². The van der Waals surface area contributed by atoms with Crippen LogP contribution in [0, 0.1) is 28.6 Å². The van der Waals surface area contributed by atoms with E-state index >= 15 is 0 Å². The van der Waals surface area contributed by atoms with Crippen LogP contribution in [0.25, 0.3) is 0 Å². The summed E-state index contributed by atoms with van der Waals surface area (Å²) in [6.07, 6.45) is 4.13. The zero-order valence-electron chi connectivity index (χ0n) is 23.5. The number of rotatable bonds is 10. The molecule has 4 aliphatic rings. The molecular weight excluding hydrogens is 506 g/mol. The Kier molecular flexibility index (Phi) is 8.71. The molecule has 0 bridgehead atoms. The standard InChI is InChI=1S/C29H43NO9/c1-27-11-9-18(31)13-17(27)5-6-19-20-10-12-29(36,28(20,2)14-21(32)26(19)27)22(33)16-39-24(35)8-7-23(34)30-15-25(37-3)38-4/h13,19-21,25-26,32,36H,5-12,14-16H2,1-4H3,(H,30,34)/t19?,20?,21?,26?,27-,28-,29-/m0/s1. The van der Waals surface area contributed by atoms with Gasteiger partial charge in [-0.3, -0.25) is 19.2 Å². The Morgan fingerprint density at radius 2 is 1.82 bits per heavy atom. The van der Waals surface area contributed by atoms with Crippen LogP contribution < -0.4 is 5.32 Å². The number of Topliss-reactive ketones (excluding diaryl/α,β-unsaturated/α-hetero) is 1. The van der Waals surface area contributed by atoms with Crippen molar-refractivity contribution in [2.75, 3.05) is 27.4 Å². The zero-order valence-corrected chi connectivity index (χ0v) is 23.5. The Bertz CT molecular complexity index is 1020. The van der Waals surface area contributed by atoms with Crippen LogP contribution in [0.2, 0.25) is 0 Å². The first-order chi connectivity index (χ1) is 18.4. The lowest BCUT2D eigenvalue weighted by atomic mass is 9.45. The number of carbonyl (C=O) groups is 4. The summed E-state index contributed by atoms with van der Waals surface area (Å²) in [5.41, 5.74) is -1.68. The number of methoxy groups -OCH3 is 2. The molecule has 10 nitrogen and oxygen atoms in total. The molecule has 4 rings (SSSR count). The first kappa shape index (κ1) is 29.8. The number of carbonyl (C=O) groups excluding carboxylic acids is 4. The van der Waals surface area contributed by atoms with E-state index in [9.17, 15) is 29.4 Å². The van der Waals surface area contributed by atoms with Gasteiger partial charge >= 0.3 is 5.97 Å². The molecule has 4 unspecified atom stereocenters. The summed E-state index contributed by atoms with van der Waals surface area (Å²) in [4.78, 5) is 49.7. The molecule has 0 saturated heterocycles. The van der Waals surface area contributed by atoms with E-state index in [0.717, 1.165) is 24.8 Å². The first-order valence-corrected chi connectivity index (χ1v) is 14.0. The van der Waals surface area contributed by atoms with Crippen molar-refractivity contribution in [1.82, 2.24) is 5.32 Å². The summed E-state index contributed by atoms with van der Waals surface area (Å²) in [6.45, 7) is 3.60. The van der Waals surface area contributed by atoms with E-state index < -0.39 is 41.8 Å². The van der Waals surface area contributed by atoms with Gasteiger partial charge in [0.15, 0.2) is 18.7 Å². The number of ketones is 2. The van der Waals surface area contributed by atoms with Crippen molar-refractivity contribution in [3.05, 3.63) is 11.6 Å². The summed E-state index contributed by atoms with van der Waals surface area (Å²) in [6, 6.07) is 0. The normalized spacial score (nSPS) is 37.4. The fraction of sp³-hybridized carbons (Fsp3) is 0.793. The molecule has 0 spiro atoms. The maximum Gasteiger partial charge on any atom is 0.306 e. The minimum atomic E-state index is -1.71. The van der Waals surface area contributed by atoms with E-state index in [1.165, 1.54) is 14.2 Å². The Morgan fingerprint density at radius 1 is 1.10 bits per heavy atom.